The molecule has 0 amide bonds. The lowest BCUT2D eigenvalue weighted by atomic mass is 10.1. The molecule has 0 bridgehead atoms. The van der Waals surface area contributed by atoms with Crippen LogP contribution < -0.4 is 0 Å². The van der Waals surface area contributed by atoms with Gasteiger partial charge in [-0.3, -0.25) is 4.68 Å². The number of benzene rings is 1. The molecular weight excluding hydrogens is 248 g/mol. The third-order valence-corrected chi connectivity index (χ3v) is 3.69. The van der Waals surface area contributed by atoms with E-state index in [9.17, 15) is 4.79 Å². The monoisotopic (exact) mass is 262 g/mol. The molecule has 2 aromatic rings. The second-order valence-electron chi connectivity index (χ2n) is 4.13. The molecular formula is C13H14N2O2S. The zero-order chi connectivity index (χ0) is 13.3. The fourth-order valence-corrected chi connectivity index (χ4v) is 2.76. The van der Waals surface area contributed by atoms with Crippen molar-refractivity contribution in [1.29, 1.82) is 0 Å². The van der Waals surface area contributed by atoms with Crippen LogP contribution in [0.15, 0.2) is 34.2 Å². The Kier molecular flexibility index (Phi) is 3.43. The van der Waals surface area contributed by atoms with E-state index < -0.39 is 5.97 Å². The van der Waals surface area contributed by atoms with Crippen molar-refractivity contribution in [2.45, 2.75) is 23.8 Å². The van der Waals surface area contributed by atoms with Gasteiger partial charge in [0.15, 0.2) is 0 Å². The molecule has 18 heavy (non-hydrogen) atoms. The van der Waals surface area contributed by atoms with Gasteiger partial charge in [0, 0.05) is 11.9 Å². The van der Waals surface area contributed by atoms with E-state index in [2.05, 4.69) is 5.10 Å². The summed E-state index contributed by atoms with van der Waals surface area (Å²) in [7, 11) is 1.90. The van der Waals surface area contributed by atoms with Crippen molar-refractivity contribution >= 4 is 17.7 Å². The molecule has 2 rings (SSSR count). The number of carbonyl (C=O) groups is 1. The number of rotatable bonds is 3. The predicted molar refractivity (Wildman–Crippen MR) is 70.2 cm³/mol. The minimum Gasteiger partial charge on any atom is -0.478 e. The van der Waals surface area contributed by atoms with Crippen LogP contribution in [0.5, 0.6) is 0 Å². The summed E-state index contributed by atoms with van der Waals surface area (Å²) in [5.41, 5.74) is 2.09. The van der Waals surface area contributed by atoms with Crippen molar-refractivity contribution < 1.29 is 9.90 Å². The summed E-state index contributed by atoms with van der Waals surface area (Å²) in [5, 5.41) is 14.3. The molecule has 94 valence electrons. The summed E-state index contributed by atoms with van der Waals surface area (Å²) in [6.45, 7) is 3.75. The van der Waals surface area contributed by atoms with Gasteiger partial charge in [-0.15, -0.1) is 0 Å². The Morgan fingerprint density at radius 2 is 2.06 bits per heavy atom. The molecule has 0 aliphatic rings. The van der Waals surface area contributed by atoms with Crippen molar-refractivity contribution in [2.75, 3.05) is 0 Å². The first-order valence-corrected chi connectivity index (χ1v) is 6.31. The van der Waals surface area contributed by atoms with E-state index in [-0.39, 0.29) is 0 Å². The Hall–Kier alpha value is -1.75. The Bertz CT molecular complexity index is 605. The molecule has 0 unspecified atom stereocenters. The van der Waals surface area contributed by atoms with Crippen molar-refractivity contribution in [1.82, 2.24) is 9.78 Å². The summed E-state index contributed by atoms with van der Waals surface area (Å²) < 4.78 is 1.82. The Morgan fingerprint density at radius 1 is 1.33 bits per heavy atom. The van der Waals surface area contributed by atoms with E-state index in [1.807, 2.05) is 43.8 Å². The number of aromatic carboxylic acids is 1. The highest BCUT2D eigenvalue weighted by molar-refractivity contribution is 7.99. The SMILES string of the molecule is Cc1cc(Sc2ccc(C(=O)O)c(C)c2)n(C)n1. The number of hydrogen-bond donors (Lipinski definition) is 1. The fraction of sp³-hybridized carbons (Fsp3) is 0.231. The summed E-state index contributed by atoms with van der Waals surface area (Å²) >= 11 is 1.58. The molecule has 0 fully saturated rings. The molecule has 1 N–H and O–H groups in total. The fourth-order valence-electron chi connectivity index (χ4n) is 1.74. The van der Waals surface area contributed by atoms with Crippen LogP contribution in [-0.2, 0) is 7.05 Å². The van der Waals surface area contributed by atoms with Gasteiger partial charge in [-0.05, 0) is 43.7 Å². The average Bonchev–Trinajstić information content (AvgIpc) is 2.57. The zero-order valence-corrected chi connectivity index (χ0v) is 11.3. The van der Waals surface area contributed by atoms with Crippen LogP contribution in [0.2, 0.25) is 0 Å². The standard InChI is InChI=1S/C13H14N2O2S/c1-8-6-10(4-5-11(8)13(16)17)18-12-7-9(2)14-15(12)3/h4-7H,1-3H3,(H,16,17). The number of aromatic nitrogens is 2. The summed E-state index contributed by atoms with van der Waals surface area (Å²) in [4.78, 5) is 11.9. The normalized spacial score (nSPS) is 10.6. The predicted octanol–water partition coefficient (Wildman–Crippen LogP) is 2.89. The van der Waals surface area contributed by atoms with Crippen LogP contribution in [0.25, 0.3) is 0 Å². The van der Waals surface area contributed by atoms with Crippen LogP contribution in [0.3, 0.4) is 0 Å². The maximum Gasteiger partial charge on any atom is 0.335 e. The molecule has 0 saturated carbocycles. The first kappa shape index (κ1) is 12.7. The second-order valence-corrected chi connectivity index (χ2v) is 5.23. The molecule has 1 aromatic carbocycles. The van der Waals surface area contributed by atoms with E-state index in [0.29, 0.717) is 5.56 Å². The molecule has 0 atom stereocenters. The van der Waals surface area contributed by atoms with E-state index in [1.165, 1.54) is 0 Å². The van der Waals surface area contributed by atoms with Crippen molar-refractivity contribution in [3.05, 3.63) is 41.1 Å². The lowest BCUT2D eigenvalue weighted by molar-refractivity contribution is 0.0696. The minimum atomic E-state index is -0.888. The highest BCUT2D eigenvalue weighted by atomic mass is 32.2. The van der Waals surface area contributed by atoms with Crippen molar-refractivity contribution in [3.8, 4) is 0 Å². The summed E-state index contributed by atoms with van der Waals surface area (Å²) in [6.07, 6.45) is 0. The second kappa shape index (κ2) is 4.86. The third-order valence-electron chi connectivity index (χ3n) is 2.61. The van der Waals surface area contributed by atoms with Crippen LogP contribution in [-0.4, -0.2) is 20.9 Å². The number of hydrogen-bond acceptors (Lipinski definition) is 3. The smallest absolute Gasteiger partial charge is 0.335 e. The van der Waals surface area contributed by atoms with Gasteiger partial charge in [-0.2, -0.15) is 5.10 Å². The van der Waals surface area contributed by atoms with E-state index in [4.69, 9.17) is 5.11 Å². The minimum absolute atomic E-state index is 0.348. The number of aryl methyl sites for hydroxylation is 3. The topological polar surface area (TPSA) is 55.1 Å². The maximum absolute atomic E-state index is 10.9. The molecule has 1 aromatic heterocycles. The van der Waals surface area contributed by atoms with E-state index in [0.717, 1.165) is 21.2 Å². The number of carboxylic acid groups (broad SMARTS) is 1. The van der Waals surface area contributed by atoms with Crippen LogP contribution in [0.1, 0.15) is 21.6 Å². The molecule has 4 nitrogen and oxygen atoms in total. The Morgan fingerprint density at radius 3 is 2.56 bits per heavy atom. The summed E-state index contributed by atoms with van der Waals surface area (Å²) in [6, 6.07) is 7.36. The van der Waals surface area contributed by atoms with Gasteiger partial charge in [0.05, 0.1) is 16.3 Å². The molecule has 5 heteroatoms. The molecule has 1 heterocycles. The van der Waals surface area contributed by atoms with Crippen molar-refractivity contribution in [3.63, 3.8) is 0 Å². The van der Waals surface area contributed by atoms with Gasteiger partial charge in [-0.25, -0.2) is 4.79 Å². The lowest BCUT2D eigenvalue weighted by Crippen LogP contribution is -1.99. The van der Waals surface area contributed by atoms with Gasteiger partial charge in [-0.1, -0.05) is 11.8 Å². The van der Waals surface area contributed by atoms with Gasteiger partial charge in [0.1, 0.15) is 0 Å². The molecule has 0 aliphatic carbocycles. The van der Waals surface area contributed by atoms with Gasteiger partial charge in [0.2, 0.25) is 0 Å². The van der Waals surface area contributed by atoms with Crippen LogP contribution in [0.4, 0.5) is 0 Å². The molecule has 0 saturated heterocycles. The van der Waals surface area contributed by atoms with Gasteiger partial charge in [0.25, 0.3) is 0 Å². The quantitative estimate of drug-likeness (QED) is 0.924. The lowest BCUT2D eigenvalue weighted by Gasteiger charge is -2.05. The zero-order valence-electron chi connectivity index (χ0n) is 10.5. The molecule has 0 radical (unpaired) electrons. The third kappa shape index (κ3) is 2.56. The summed E-state index contributed by atoms with van der Waals surface area (Å²) in [5.74, 6) is -0.888. The number of carboxylic acids is 1. The largest absolute Gasteiger partial charge is 0.478 e. The molecule has 0 spiro atoms. The van der Waals surface area contributed by atoms with Crippen molar-refractivity contribution in [2.24, 2.45) is 7.05 Å². The van der Waals surface area contributed by atoms with Gasteiger partial charge >= 0.3 is 5.97 Å². The van der Waals surface area contributed by atoms with Crippen LogP contribution in [0, 0.1) is 13.8 Å². The molecule has 0 aliphatic heterocycles. The highest BCUT2D eigenvalue weighted by Crippen LogP contribution is 2.29. The average molecular weight is 262 g/mol. The first-order valence-electron chi connectivity index (χ1n) is 5.50. The van der Waals surface area contributed by atoms with Crippen LogP contribution >= 0.6 is 11.8 Å². The van der Waals surface area contributed by atoms with Gasteiger partial charge < -0.3 is 5.11 Å². The van der Waals surface area contributed by atoms with E-state index >= 15 is 0 Å². The maximum atomic E-state index is 10.9. The highest BCUT2D eigenvalue weighted by Gasteiger charge is 2.09. The van der Waals surface area contributed by atoms with E-state index in [1.54, 1.807) is 17.8 Å². The Balaban J connectivity index is 2.28. The first-order chi connectivity index (χ1) is 8.47. The Labute approximate surface area is 110 Å². The number of nitrogens with zero attached hydrogens (tertiary/aromatic N) is 2.